The predicted octanol–water partition coefficient (Wildman–Crippen LogP) is 14.0. The minimum absolute atomic E-state index is 0.707. The van der Waals surface area contributed by atoms with Crippen molar-refractivity contribution in [3.63, 3.8) is 0 Å². The van der Waals surface area contributed by atoms with Crippen molar-refractivity contribution in [3.8, 4) is 45.3 Å². The van der Waals surface area contributed by atoms with Gasteiger partial charge in [0.2, 0.25) is 0 Å². The summed E-state index contributed by atoms with van der Waals surface area (Å²) in [6.45, 7) is 0. The summed E-state index contributed by atoms with van der Waals surface area (Å²) in [7, 11) is 0. The van der Waals surface area contributed by atoms with Gasteiger partial charge >= 0.3 is 0 Å². The molecule has 0 unspecified atom stereocenters. The number of para-hydroxylation sites is 6. The number of benzene rings is 8. The van der Waals surface area contributed by atoms with Crippen LogP contribution in [0.4, 0.5) is 0 Å². The van der Waals surface area contributed by atoms with E-state index >= 15 is 0 Å². The van der Waals surface area contributed by atoms with E-state index in [2.05, 4.69) is 203 Å². The van der Waals surface area contributed by atoms with Crippen LogP contribution in [0.3, 0.4) is 0 Å². The Bertz CT molecular complexity index is 3340. The maximum absolute atomic E-state index is 5.55. The van der Waals surface area contributed by atoms with Crippen molar-refractivity contribution in [1.82, 2.24) is 19.1 Å². The molecule has 0 aliphatic rings. The topological polar surface area (TPSA) is 35.6 Å². The van der Waals surface area contributed by atoms with Crippen LogP contribution in [0.25, 0.3) is 109 Å². The molecule has 0 atom stereocenters. The van der Waals surface area contributed by atoms with E-state index in [0.717, 1.165) is 61.5 Å². The highest BCUT2D eigenvalue weighted by molar-refractivity contribution is 7.26. The van der Waals surface area contributed by atoms with Gasteiger partial charge in [-0.05, 0) is 54.6 Å². The Hall–Kier alpha value is -7.34. The number of nitrogens with zero attached hydrogens (tertiary/aromatic N) is 4. The lowest BCUT2D eigenvalue weighted by molar-refractivity contribution is 1.16. The zero-order valence-electron chi connectivity index (χ0n) is 30.7. The maximum Gasteiger partial charge on any atom is 0.161 e. The van der Waals surface area contributed by atoms with Crippen molar-refractivity contribution in [2.45, 2.75) is 0 Å². The zero-order chi connectivity index (χ0) is 37.5. The third-order valence-corrected chi connectivity index (χ3v) is 12.6. The van der Waals surface area contributed by atoms with Crippen molar-refractivity contribution < 1.29 is 0 Å². The fraction of sp³-hybridized carbons (Fsp3) is 0. The molecule has 5 heteroatoms. The number of thiophene rings is 1. The molecule has 4 heterocycles. The van der Waals surface area contributed by atoms with Gasteiger partial charge in [-0.25, -0.2) is 9.97 Å². The van der Waals surface area contributed by atoms with E-state index in [1.165, 1.54) is 41.7 Å². The molecule has 0 saturated heterocycles. The fourth-order valence-corrected chi connectivity index (χ4v) is 10.1. The van der Waals surface area contributed by atoms with Gasteiger partial charge in [-0.1, -0.05) is 140 Å². The van der Waals surface area contributed by atoms with Gasteiger partial charge in [0, 0.05) is 69.8 Å². The molecule has 0 spiro atoms. The van der Waals surface area contributed by atoms with Gasteiger partial charge in [-0.3, -0.25) is 0 Å². The van der Waals surface area contributed by atoms with Crippen LogP contribution in [0.1, 0.15) is 0 Å². The van der Waals surface area contributed by atoms with Crippen LogP contribution < -0.4 is 0 Å². The molecule has 0 radical (unpaired) electrons. The number of aromatic nitrogens is 4. The first kappa shape index (κ1) is 32.0. The molecule has 266 valence electrons. The van der Waals surface area contributed by atoms with E-state index in [9.17, 15) is 0 Å². The van der Waals surface area contributed by atoms with Crippen LogP contribution in [0.5, 0.6) is 0 Å². The number of fused-ring (bicyclic) bond motifs is 9. The minimum Gasteiger partial charge on any atom is -0.309 e. The van der Waals surface area contributed by atoms with E-state index in [-0.39, 0.29) is 0 Å². The first-order chi connectivity index (χ1) is 28.3. The van der Waals surface area contributed by atoms with E-state index < -0.39 is 0 Å². The monoisotopic (exact) mass is 744 g/mol. The van der Waals surface area contributed by atoms with Gasteiger partial charge in [-0.2, -0.15) is 0 Å². The molecule has 12 rings (SSSR count). The standard InChI is InChI=1S/C52H32N4S/c1-3-16-33(17-4-1)55-46-29-10-7-20-35(46)38-23-13-26-41(49(38)55)44-32-45(54-52(53-44)43-28-15-25-40-37-22-9-12-31-48(37)57-51(40)43)42-27-14-24-39-36-21-8-11-30-47(36)56(50(39)42)34-18-5-2-6-19-34/h1-32H. The average Bonchev–Trinajstić information content (AvgIpc) is 3.95. The van der Waals surface area contributed by atoms with Crippen LogP contribution in [-0.4, -0.2) is 19.1 Å². The van der Waals surface area contributed by atoms with Gasteiger partial charge in [0.1, 0.15) is 0 Å². The second-order valence-electron chi connectivity index (χ2n) is 14.5. The summed E-state index contributed by atoms with van der Waals surface area (Å²) in [6.07, 6.45) is 0. The molecule has 4 nitrogen and oxygen atoms in total. The maximum atomic E-state index is 5.55. The zero-order valence-corrected chi connectivity index (χ0v) is 31.5. The van der Waals surface area contributed by atoms with Gasteiger partial charge in [0.15, 0.2) is 5.82 Å². The van der Waals surface area contributed by atoms with E-state index in [1.807, 2.05) is 11.3 Å². The smallest absolute Gasteiger partial charge is 0.161 e. The Morgan fingerprint density at radius 2 is 0.789 bits per heavy atom. The Labute approximate surface area is 332 Å². The van der Waals surface area contributed by atoms with Crippen molar-refractivity contribution in [2.24, 2.45) is 0 Å². The average molecular weight is 745 g/mol. The lowest BCUT2D eigenvalue weighted by Gasteiger charge is -2.15. The van der Waals surface area contributed by atoms with Gasteiger partial charge in [-0.15, -0.1) is 11.3 Å². The summed E-state index contributed by atoms with van der Waals surface area (Å²) in [6, 6.07) is 69.4. The minimum atomic E-state index is 0.707. The molecular weight excluding hydrogens is 713 g/mol. The number of hydrogen-bond acceptors (Lipinski definition) is 3. The molecule has 0 N–H and O–H groups in total. The van der Waals surface area contributed by atoms with Crippen molar-refractivity contribution in [2.75, 3.05) is 0 Å². The van der Waals surface area contributed by atoms with Crippen molar-refractivity contribution >= 4 is 75.1 Å². The van der Waals surface area contributed by atoms with Crippen LogP contribution in [0, 0.1) is 0 Å². The molecule has 57 heavy (non-hydrogen) atoms. The Morgan fingerprint density at radius 3 is 1.35 bits per heavy atom. The third-order valence-electron chi connectivity index (χ3n) is 11.3. The lowest BCUT2D eigenvalue weighted by atomic mass is 10.0. The van der Waals surface area contributed by atoms with E-state index in [0.29, 0.717) is 5.82 Å². The van der Waals surface area contributed by atoms with Gasteiger partial charge in [0.05, 0.1) is 33.5 Å². The van der Waals surface area contributed by atoms with E-state index in [1.54, 1.807) is 0 Å². The largest absolute Gasteiger partial charge is 0.309 e. The number of hydrogen-bond donors (Lipinski definition) is 0. The summed E-state index contributed by atoms with van der Waals surface area (Å²) in [5, 5.41) is 7.27. The second kappa shape index (κ2) is 12.6. The van der Waals surface area contributed by atoms with Crippen molar-refractivity contribution in [1.29, 1.82) is 0 Å². The Morgan fingerprint density at radius 1 is 0.351 bits per heavy atom. The first-order valence-corrected chi connectivity index (χ1v) is 20.1. The van der Waals surface area contributed by atoms with Crippen LogP contribution in [0.2, 0.25) is 0 Å². The highest BCUT2D eigenvalue weighted by atomic mass is 32.1. The number of rotatable bonds is 5. The van der Waals surface area contributed by atoms with Crippen molar-refractivity contribution in [3.05, 3.63) is 194 Å². The third kappa shape index (κ3) is 4.86. The lowest BCUT2D eigenvalue weighted by Crippen LogP contribution is -2.00. The predicted molar refractivity (Wildman–Crippen MR) is 240 cm³/mol. The normalized spacial score (nSPS) is 11.9. The molecular formula is C52H32N4S. The molecule has 0 fully saturated rings. The fourth-order valence-electron chi connectivity index (χ4n) is 8.91. The van der Waals surface area contributed by atoms with Crippen LogP contribution in [-0.2, 0) is 0 Å². The molecule has 0 saturated carbocycles. The summed E-state index contributed by atoms with van der Waals surface area (Å²) in [4.78, 5) is 11.1. The molecule has 4 aromatic heterocycles. The van der Waals surface area contributed by atoms with Gasteiger partial charge in [0.25, 0.3) is 0 Å². The molecule has 0 aliphatic carbocycles. The molecule has 0 aliphatic heterocycles. The quantitative estimate of drug-likeness (QED) is 0.176. The SMILES string of the molecule is c1ccc(-n2c3ccccc3c3cccc(-c4cc(-c5cccc6c7ccccc7n(-c7ccccc7)c56)nc(-c5cccc6c5sc5ccccc56)n4)c32)cc1. The van der Waals surface area contributed by atoms with E-state index in [4.69, 9.17) is 9.97 Å². The summed E-state index contributed by atoms with van der Waals surface area (Å²) < 4.78 is 7.23. The summed E-state index contributed by atoms with van der Waals surface area (Å²) in [5.41, 5.74) is 11.7. The molecule has 8 aromatic carbocycles. The molecule has 12 aromatic rings. The second-order valence-corrected chi connectivity index (χ2v) is 15.6. The summed E-state index contributed by atoms with van der Waals surface area (Å²) in [5.74, 6) is 0.707. The Kier molecular flexibility index (Phi) is 7.06. The first-order valence-electron chi connectivity index (χ1n) is 19.3. The van der Waals surface area contributed by atoms with Crippen LogP contribution >= 0.6 is 11.3 Å². The van der Waals surface area contributed by atoms with Crippen LogP contribution in [0.15, 0.2) is 194 Å². The highest BCUT2D eigenvalue weighted by Gasteiger charge is 2.22. The van der Waals surface area contributed by atoms with Gasteiger partial charge < -0.3 is 9.13 Å². The Balaban J connectivity index is 1.21. The highest BCUT2D eigenvalue weighted by Crippen LogP contribution is 2.44. The molecule has 0 bridgehead atoms. The molecule has 0 amide bonds. The summed E-state index contributed by atoms with van der Waals surface area (Å²) >= 11 is 1.81.